The molecule has 1 aliphatic rings. The van der Waals surface area contributed by atoms with Crippen LogP contribution >= 0.6 is 0 Å². The minimum absolute atomic E-state index is 0.340. The van der Waals surface area contributed by atoms with E-state index in [0.29, 0.717) is 12.5 Å². The van der Waals surface area contributed by atoms with E-state index in [1.807, 2.05) is 97.1 Å². The Kier molecular flexibility index (Phi) is 5.45. The quantitative estimate of drug-likeness (QED) is 0.463. The molecule has 5 heteroatoms. The van der Waals surface area contributed by atoms with Gasteiger partial charge in [-0.15, -0.1) is 0 Å². The topological polar surface area (TPSA) is 49.7 Å². The van der Waals surface area contributed by atoms with Crippen molar-refractivity contribution < 1.29 is 14.0 Å². The van der Waals surface area contributed by atoms with Crippen LogP contribution in [-0.4, -0.2) is 25.5 Å². The van der Waals surface area contributed by atoms with Crippen LogP contribution in [0.2, 0.25) is 6.04 Å². The Hall–Kier alpha value is -2.81. The van der Waals surface area contributed by atoms with Crippen molar-refractivity contribution in [2.75, 3.05) is 0 Å². The molecule has 0 radical (unpaired) electrons. The standard InChI is InChI=1S/C27H26O3Si2/c28-31(29)22-21-27(23-13-5-1-6-14-23,24-15-7-2-8-16-24)30-32(31,25-17-9-3-10-18-25)26-19-11-4-12-20-26/h1-20,28-29H,21-22H2. The first-order valence-corrected chi connectivity index (χ1v) is 16.0. The van der Waals surface area contributed by atoms with Crippen molar-refractivity contribution in [3.8, 4) is 0 Å². The Bertz CT molecular complexity index is 1090. The minimum Gasteiger partial charge on any atom is -0.411 e. The Balaban J connectivity index is 1.82. The molecule has 1 saturated heterocycles. The van der Waals surface area contributed by atoms with E-state index < -0.39 is 21.5 Å². The van der Waals surface area contributed by atoms with Crippen LogP contribution in [0.3, 0.4) is 0 Å². The monoisotopic (exact) mass is 454 g/mol. The second kappa shape index (κ2) is 8.28. The van der Waals surface area contributed by atoms with Crippen molar-refractivity contribution in [2.45, 2.75) is 18.1 Å². The van der Waals surface area contributed by atoms with Crippen molar-refractivity contribution in [1.82, 2.24) is 0 Å². The Morgan fingerprint density at radius 1 is 0.562 bits per heavy atom. The molecule has 0 aromatic heterocycles. The van der Waals surface area contributed by atoms with Gasteiger partial charge in [0.15, 0.2) is 0 Å². The summed E-state index contributed by atoms with van der Waals surface area (Å²) in [6.45, 7) is 0. The molecule has 32 heavy (non-hydrogen) atoms. The van der Waals surface area contributed by atoms with Gasteiger partial charge in [0, 0.05) is 0 Å². The summed E-state index contributed by atoms with van der Waals surface area (Å²) in [6, 6.07) is 40.5. The highest BCUT2D eigenvalue weighted by Crippen LogP contribution is 2.46. The highest BCUT2D eigenvalue weighted by Gasteiger charge is 2.67. The summed E-state index contributed by atoms with van der Waals surface area (Å²) < 4.78 is 7.32. The van der Waals surface area contributed by atoms with Gasteiger partial charge >= 0.3 is 15.9 Å². The highest BCUT2D eigenvalue weighted by molar-refractivity contribution is 7.44. The number of rotatable bonds is 4. The lowest BCUT2D eigenvalue weighted by molar-refractivity contribution is 0.0867. The van der Waals surface area contributed by atoms with Crippen LogP contribution in [0.5, 0.6) is 0 Å². The molecule has 4 aromatic carbocycles. The van der Waals surface area contributed by atoms with Gasteiger partial charge in [-0.3, -0.25) is 0 Å². The maximum Gasteiger partial charge on any atom is 0.355 e. The van der Waals surface area contributed by atoms with Gasteiger partial charge in [-0.1, -0.05) is 121 Å². The van der Waals surface area contributed by atoms with Gasteiger partial charge in [0.2, 0.25) is 0 Å². The molecule has 0 unspecified atom stereocenters. The number of hydrogen-bond donors (Lipinski definition) is 2. The molecule has 5 rings (SSSR count). The number of benzene rings is 4. The molecule has 160 valence electrons. The second-order valence-electron chi connectivity index (χ2n) is 8.39. The first kappa shape index (κ1) is 21.1. The molecular weight excluding hydrogens is 428 g/mol. The van der Waals surface area contributed by atoms with Gasteiger partial charge < -0.3 is 14.0 Å². The molecule has 1 aliphatic heterocycles. The minimum atomic E-state index is -3.79. The van der Waals surface area contributed by atoms with Crippen LogP contribution in [0.4, 0.5) is 0 Å². The second-order valence-corrected chi connectivity index (χ2v) is 17.8. The average Bonchev–Trinajstić information content (AvgIpc) is 2.86. The molecule has 4 aromatic rings. The Labute approximate surface area is 190 Å². The van der Waals surface area contributed by atoms with Gasteiger partial charge in [0.25, 0.3) is 0 Å². The lowest BCUT2D eigenvalue weighted by Gasteiger charge is -2.52. The fourth-order valence-electron chi connectivity index (χ4n) is 5.00. The van der Waals surface area contributed by atoms with E-state index in [-0.39, 0.29) is 0 Å². The van der Waals surface area contributed by atoms with E-state index in [2.05, 4.69) is 24.3 Å². The third-order valence-corrected chi connectivity index (χ3v) is 17.8. The lowest BCUT2D eigenvalue weighted by atomic mass is 9.84. The predicted molar refractivity (Wildman–Crippen MR) is 132 cm³/mol. The zero-order valence-corrected chi connectivity index (χ0v) is 19.8. The molecule has 0 amide bonds. The van der Waals surface area contributed by atoms with Crippen LogP contribution < -0.4 is 10.4 Å². The summed E-state index contributed by atoms with van der Waals surface area (Å²) in [6.07, 6.45) is 0.522. The molecule has 0 atom stereocenters. The van der Waals surface area contributed by atoms with Gasteiger partial charge in [0.05, 0.1) is 0 Å². The summed E-state index contributed by atoms with van der Waals surface area (Å²) in [5.41, 5.74) is 1.32. The lowest BCUT2D eigenvalue weighted by Crippen LogP contribution is -2.82. The van der Waals surface area contributed by atoms with E-state index in [9.17, 15) is 9.59 Å². The zero-order valence-electron chi connectivity index (χ0n) is 17.8. The van der Waals surface area contributed by atoms with E-state index in [0.717, 1.165) is 21.5 Å². The average molecular weight is 455 g/mol. The molecule has 0 aliphatic carbocycles. The molecule has 1 fully saturated rings. The van der Waals surface area contributed by atoms with Crippen molar-refractivity contribution in [3.05, 3.63) is 132 Å². The Morgan fingerprint density at radius 3 is 1.34 bits per heavy atom. The molecule has 1 heterocycles. The summed E-state index contributed by atoms with van der Waals surface area (Å²) >= 11 is 0. The fourth-order valence-corrected chi connectivity index (χ4v) is 16.1. The van der Waals surface area contributed by atoms with Crippen LogP contribution in [-0.2, 0) is 10.0 Å². The van der Waals surface area contributed by atoms with Crippen molar-refractivity contribution in [3.63, 3.8) is 0 Å². The van der Waals surface area contributed by atoms with E-state index in [1.165, 1.54) is 0 Å². The van der Waals surface area contributed by atoms with Crippen molar-refractivity contribution in [1.29, 1.82) is 0 Å². The Morgan fingerprint density at radius 2 is 0.938 bits per heavy atom. The van der Waals surface area contributed by atoms with Crippen molar-refractivity contribution >= 4 is 26.3 Å². The van der Waals surface area contributed by atoms with Gasteiger partial charge in [-0.05, 0) is 34.0 Å². The fraction of sp³-hybridized carbons (Fsp3) is 0.111. The maximum atomic E-state index is 11.7. The number of hydrogen-bond acceptors (Lipinski definition) is 3. The van der Waals surface area contributed by atoms with Gasteiger partial charge in [-0.25, -0.2) is 0 Å². The first-order valence-electron chi connectivity index (χ1n) is 11.0. The smallest absolute Gasteiger partial charge is 0.355 e. The summed E-state index contributed by atoms with van der Waals surface area (Å²) in [5.74, 6) is 0. The van der Waals surface area contributed by atoms with E-state index in [4.69, 9.17) is 4.43 Å². The summed E-state index contributed by atoms with van der Waals surface area (Å²) in [5, 5.41) is 1.80. The third-order valence-electron chi connectivity index (χ3n) is 6.56. The molecule has 3 nitrogen and oxygen atoms in total. The molecule has 0 saturated carbocycles. The molecule has 2 N–H and O–H groups in total. The van der Waals surface area contributed by atoms with Crippen LogP contribution in [0, 0.1) is 0 Å². The SMILES string of the molecule is O[Si]1(O)CCC(c2ccccc2)(c2ccccc2)O[Si]1(c1ccccc1)c1ccccc1. The zero-order chi connectivity index (χ0) is 22.1. The van der Waals surface area contributed by atoms with Crippen LogP contribution in [0.1, 0.15) is 17.5 Å². The predicted octanol–water partition coefficient (Wildman–Crippen LogP) is 3.62. The normalized spacial score (nSPS) is 18.7. The van der Waals surface area contributed by atoms with Gasteiger partial charge in [0.1, 0.15) is 5.60 Å². The maximum absolute atomic E-state index is 11.7. The summed E-state index contributed by atoms with van der Waals surface area (Å²) in [4.78, 5) is 23.5. The van der Waals surface area contributed by atoms with Gasteiger partial charge in [-0.2, -0.15) is 0 Å². The summed E-state index contributed by atoms with van der Waals surface area (Å²) in [7, 11) is -7.20. The highest BCUT2D eigenvalue weighted by atomic mass is 29.3. The molecule has 0 bridgehead atoms. The molecule has 0 spiro atoms. The van der Waals surface area contributed by atoms with Crippen LogP contribution in [0.25, 0.3) is 0 Å². The first-order chi connectivity index (χ1) is 15.6. The van der Waals surface area contributed by atoms with E-state index >= 15 is 0 Å². The van der Waals surface area contributed by atoms with Crippen LogP contribution in [0.15, 0.2) is 121 Å². The third kappa shape index (κ3) is 3.30. The van der Waals surface area contributed by atoms with E-state index in [1.54, 1.807) is 0 Å². The molecular formula is C27H26O3Si2. The largest absolute Gasteiger partial charge is 0.411 e. The van der Waals surface area contributed by atoms with Crippen molar-refractivity contribution in [2.24, 2.45) is 0 Å².